The summed E-state index contributed by atoms with van der Waals surface area (Å²) in [5, 5.41) is 0. The summed E-state index contributed by atoms with van der Waals surface area (Å²) < 4.78 is 6.21. The first-order valence-corrected chi connectivity index (χ1v) is 5.23. The van der Waals surface area contributed by atoms with E-state index in [0.717, 1.165) is 21.4 Å². The van der Waals surface area contributed by atoms with Gasteiger partial charge in [0.05, 0.1) is 23.2 Å². The third-order valence-electron chi connectivity index (χ3n) is 2.33. The number of aryl methyl sites for hydroxylation is 2. The Hall–Kier alpha value is -0.610. The van der Waals surface area contributed by atoms with Gasteiger partial charge in [-0.25, -0.2) is 0 Å². The highest BCUT2D eigenvalue weighted by molar-refractivity contribution is 9.10. The molecule has 0 spiro atoms. The molecule has 4 heteroatoms. The monoisotopic (exact) mass is 258 g/mol. The number of aromatic nitrogens is 1. The molecular formula is C10H15BrN2O. The Labute approximate surface area is 92.8 Å². The van der Waals surface area contributed by atoms with Crippen LogP contribution in [0, 0.1) is 13.8 Å². The number of rotatable bonds is 2. The molecule has 2 N–H and O–H groups in total. The van der Waals surface area contributed by atoms with E-state index < -0.39 is 0 Å². The lowest BCUT2D eigenvalue weighted by molar-refractivity contribution is 0.119. The van der Waals surface area contributed by atoms with Crippen LogP contribution < -0.4 is 5.73 Å². The van der Waals surface area contributed by atoms with Crippen LogP contribution in [0.5, 0.6) is 0 Å². The van der Waals surface area contributed by atoms with Crippen LogP contribution >= 0.6 is 15.9 Å². The summed E-state index contributed by atoms with van der Waals surface area (Å²) >= 11 is 3.48. The van der Waals surface area contributed by atoms with Gasteiger partial charge in [0.15, 0.2) is 0 Å². The van der Waals surface area contributed by atoms with Crippen LogP contribution in [0.4, 0.5) is 5.69 Å². The van der Waals surface area contributed by atoms with E-state index >= 15 is 0 Å². The number of hydrogen-bond acceptors (Lipinski definition) is 3. The summed E-state index contributed by atoms with van der Waals surface area (Å²) in [6.07, 6.45) is -0.0234. The number of nitrogens with two attached hydrogens (primary N) is 1. The molecule has 0 aliphatic carbocycles. The largest absolute Gasteiger partial charge is 0.397 e. The Kier molecular flexibility index (Phi) is 3.50. The summed E-state index contributed by atoms with van der Waals surface area (Å²) in [6.45, 7) is 5.82. The first-order valence-electron chi connectivity index (χ1n) is 4.43. The molecule has 0 fully saturated rings. The van der Waals surface area contributed by atoms with Crippen molar-refractivity contribution < 1.29 is 4.74 Å². The fourth-order valence-corrected chi connectivity index (χ4v) is 2.01. The Morgan fingerprint density at radius 2 is 1.93 bits per heavy atom. The second-order valence-electron chi connectivity index (χ2n) is 3.30. The molecule has 1 atom stereocenters. The fourth-order valence-electron chi connectivity index (χ4n) is 1.38. The van der Waals surface area contributed by atoms with Gasteiger partial charge in [-0.05, 0) is 36.7 Å². The Morgan fingerprint density at radius 3 is 2.43 bits per heavy atom. The maximum absolute atomic E-state index is 5.96. The molecule has 0 aromatic carbocycles. The minimum atomic E-state index is -0.0234. The molecule has 0 aliphatic rings. The number of nitrogen functional groups attached to an aromatic ring is 1. The zero-order chi connectivity index (χ0) is 10.9. The van der Waals surface area contributed by atoms with Gasteiger partial charge in [0.2, 0.25) is 0 Å². The van der Waals surface area contributed by atoms with Gasteiger partial charge in [0, 0.05) is 17.1 Å². The SMILES string of the molecule is COC(C)c1c(N)c(C)nc(C)c1Br. The zero-order valence-corrected chi connectivity index (χ0v) is 10.5. The quantitative estimate of drug-likeness (QED) is 0.888. The molecule has 0 radical (unpaired) electrons. The topological polar surface area (TPSA) is 48.1 Å². The van der Waals surface area contributed by atoms with Crippen LogP contribution in [-0.4, -0.2) is 12.1 Å². The molecule has 0 saturated heterocycles. The summed E-state index contributed by atoms with van der Waals surface area (Å²) in [6, 6.07) is 0. The number of ether oxygens (including phenoxy) is 1. The van der Waals surface area contributed by atoms with E-state index in [9.17, 15) is 0 Å². The molecule has 78 valence electrons. The predicted molar refractivity (Wildman–Crippen MR) is 61.2 cm³/mol. The summed E-state index contributed by atoms with van der Waals surface area (Å²) in [7, 11) is 1.67. The molecule has 0 saturated carbocycles. The normalized spacial score (nSPS) is 12.9. The van der Waals surface area contributed by atoms with Crippen LogP contribution in [0.3, 0.4) is 0 Å². The molecule has 0 bridgehead atoms. The molecule has 14 heavy (non-hydrogen) atoms. The van der Waals surface area contributed by atoms with Crippen LogP contribution in [0.1, 0.15) is 30.0 Å². The second-order valence-corrected chi connectivity index (χ2v) is 4.09. The third-order valence-corrected chi connectivity index (χ3v) is 3.33. The molecule has 1 aromatic rings. The maximum Gasteiger partial charge on any atom is 0.0825 e. The van der Waals surface area contributed by atoms with Crippen molar-refractivity contribution in [3.8, 4) is 0 Å². The minimum Gasteiger partial charge on any atom is -0.397 e. The van der Waals surface area contributed by atoms with Crippen LogP contribution in [0.25, 0.3) is 0 Å². The molecule has 1 heterocycles. The highest BCUT2D eigenvalue weighted by atomic mass is 79.9. The highest BCUT2D eigenvalue weighted by Gasteiger charge is 2.16. The number of methoxy groups -OCH3 is 1. The molecular weight excluding hydrogens is 244 g/mol. The molecule has 0 aliphatic heterocycles. The van der Waals surface area contributed by atoms with Gasteiger partial charge < -0.3 is 10.5 Å². The highest BCUT2D eigenvalue weighted by Crippen LogP contribution is 2.33. The van der Waals surface area contributed by atoms with Crippen molar-refractivity contribution >= 4 is 21.6 Å². The first-order chi connectivity index (χ1) is 6.49. The molecule has 1 aromatic heterocycles. The average molecular weight is 259 g/mol. The van der Waals surface area contributed by atoms with Crippen molar-refractivity contribution in [2.75, 3.05) is 12.8 Å². The molecule has 1 unspecified atom stereocenters. The van der Waals surface area contributed by atoms with Crippen molar-refractivity contribution in [3.63, 3.8) is 0 Å². The van der Waals surface area contributed by atoms with E-state index in [1.165, 1.54) is 0 Å². The number of hydrogen-bond donors (Lipinski definition) is 1. The van der Waals surface area contributed by atoms with Gasteiger partial charge in [-0.15, -0.1) is 0 Å². The minimum absolute atomic E-state index is 0.0234. The van der Waals surface area contributed by atoms with Crippen molar-refractivity contribution in [2.24, 2.45) is 0 Å². The lowest BCUT2D eigenvalue weighted by atomic mass is 10.1. The Bertz CT molecular complexity index is 326. The number of pyridine rings is 1. The van der Waals surface area contributed by atoms with Crippen LogP contribution in [-0.2, 0) is 4.74 Å². The lowest BCUT2D eigenvalue weighted by Crippen LogP contribution is -2.07. The van der Waals surface area contributed by atoms with Crippen molar-refractivity contribution in [3.05, 3.63) is 21.4 Å². The average Bonchev–Trinajstić information content (AvgIpc) is 2.15. The van der Waals surface area contributed by atoms with E-state index in [2.05, 4.69) is 20.9 Å². The van der Waals surface area contributed by atoms with Gasteiger partial charge in [-0.3, -0.25) is 4.98 Å². The van der Waals surface area contributed by atoms with Gasteiger partial charge in [0.25, 0.3) is 0 Å². The second kappa shape index (κ2) is 4.28. The number of nitrogens with zero attached hydrogens (tertiary/aromatic N) is 1. The summed E-state index contributed by atoms with van der Waals surface area (Å²) in [5.41, 5.74) is 9.44. The predicted octanol–water partition coefficient (Wildman–Crippen LogP) is 2.75. The van der Waals surface area contributed by atoms with Gasteiger partial charge in [-0.1, -0.05) is 0 Å². The smallest absolute Gasteiger partial charge is 0.0825 e. The number of halogens is 1. The zero-order valence-electron chi connectivity index (χ0n) is 8.89. The van der Waals surface area contributed by atoms with Crippen molar-refractivity contribution in [1.29, 1.82) is 0 Å². The standard InChI is InChI=1S/C10H15BrN2O/c1-5-9(11)8(7(3)14-4)10(12)6(2)13-5/h7H,12H2,1-4H3. The fraction of sp³-hybridized carbons (Fsp3) is 0.500. The van der Waals surface area contributed by atoms with Crippen molar-refractivity contribution in [2.45, 2.75) is 26.9 Å². The van der Waals surface area contributed by atoms with E-state index in [1.807, 2.05) is 20.8 Å². The summed E-state index contributed by atoms with van der Waals surface area (Å²) in [5.74, 6) is 0. The van der Waals surface area contributed by atoms with Gasteiger partial charge in [-0.2, -0.15) is 0 Å². The molecule has 0 amide bonds. The first kappa shape index (κ1) is 11.5. The molecule has 3 nitrogen and oxygen atoms in total. The van der Waals surface area contributed by atoms with E-state index in [-0.39, 0.29) is 6.10 Å². The van der Waals surface area contributed by atoms with E-state index in [4.69, 9.17) is 10.5 Å². The summed E-state index contributed by atoms with van der Waals surface area (Å²) in [4.78, 5) is 4.32. The van der Waals surface area contributed by atoms with Gasteiger partial charge in [0.1, 0.15) is 0 Å². The number of anilines is 1. The maximum atomic E-state index is 5.96. The third kappa shape index (κ3) is 1.91. The van der Waals surface area contributed by atoms with Crippen LogP contribution in [0.15, 0.2) is 4.47 Å². The Morgan fingerprint density at radius 1 is 1.36 bits per heavy atom. The van der Waals surface area contributed by atoms with Crippen molar-refractivity contribution in [1.82, 2.24) is 4.98 Å². The van der Waals surface area contributed by atoms with E-state index in [0.29, 0.717) is 5.69 Å². The van der Waals surface area contributed by atoms with E-state index in [1.54, 1.807) is 7.11 Å². The van der Waals surface area contributed by atoms with Crippen LogP contribution in [0.2, 0.25) is 0 Å². The Balaban J connectivity index is 3.39. The van der Waals surface area contributed by atoms with Gasteiger partial charge >= 0.3 is 0 Å². The lowest BCUT2D eigenvalue weighted by Gasteiger charge is -2.17. The molecule has 1 rings (SSSR count).